The van der Waals surface area contributed by atoms with Gasteiger partial charge in [0.2, 0.25) is 0 Å². The van der Waals surface area contributed by atoms with Gasteiger partial charge >= 0.3 is 0 Å². The summed E-state index contributed by atoms with van der Waals surface area (Å²) < 4.78 is 6.11. The van der Waals surface area contributed by atoms with E-state index in [0.29, 0.717) is 0 Å². The van der Waals surface area contributed by atoms with Crippen molar-refractivity contribution < 1.29 is 4.42 Å². The first-order chi connectivity index (χ1) is 9.06. The Morgan fingerprint density at radius 1 is 1.32 bits per heavy atom. The summed E-state index contributed by atoms with van der Waals surface area (Å²) in [6.45, 7) is 7.73. The normalized spacial score (nSPS) is 16.2. The lowest BCUT2D eigenvalue weighted by Crippen LogP contribution is -2.26. The van der Waals surface area contributed by atoms with Crippen LogP contribution in [-0.2, 0) is 5.41 Å². The number of hydrogen-bond acceptors (Lipinski definition) is 2. The van der Waals surface area contributed by atoms with Gasteiger partial charge in [0.15, 0.2) is 0 Å². The zero-order chi connectivity index (χ0) is 13.5. The van der Waals surface area contributed by atoms with E-state index >= 15 is 0 Å². The molecule has 1 aliphatic carbocycles. The molecule has 1 fully saturated rings. The Labute approximate surface area is 115 Å². The summed E-state index contributed by atoms with van der Waals surface area (Å²) in [5.74, 6) is 1.11. The highest BCUT2D eigenvalue weighted by Gasteiger charge is 2.27. The molecule has 2 nitrogen and oxygen atoms in total. The maximum atomic E-state index is 6.11. The average Bonchev–Trinajstić information content (AvgIpc) is 3.05. The monoisotopic (exact) mass is 257 g/mol. The SMILES string of the molecule is Cc1cccc2cc(C(C)(C)CCNC3CC3)oc12. The van der Waals surface area contributed by atoms with E-state index in [4.69, 9.17) is 4.42 Å². The standard InChI is InChI=1S/C17H23NO/c1-12-5-4-6-13-11-15(19-16(12)13)17(2,3)9-10-18-14-7-8-14/h4-6,11,14,18H,7-10H2,1-3H3. The fourth-order valence-electron chi connectivity index (χ4n) is 2.54. The molecule has 0 atom stereocenters. The lowest BCUT2D eigenvalue weighted by atomic mass is 9.86. The van der Waals surface area contributed by atoms with E-state index in [2.05, 4.69) is 50.4 Å². The summed E-state index contributed by atoms with van der Waals surface area (Å²) in [5.41, 5.74) is 2.35. The molecule has 2 heteroatoms. The largest absolute Gasteiger partial charge is 0.460 e. The molecule has 0 unspecified atom stereocenters. The highest BCUT2D eigenvalue weighted by atomic mass is 16.3. The van der Waals surface area contributed by atoms with Crippen molar-refractivity contribution >= 4 is 11.0 Å². The Morgan fingerprint density at radius 3 is 2.79 bits per heavy atom. The molecule has 0 aliphatic heterocycles. The third kappa shape index (κ3) is 2.69. The van der Waals surface area contributed by atoms with Gasteiger partial charge in [0, 0.05) is 16.8 Å². The van der Waals surface area contributed by atoms with Crippen molar-refractivity contribution in [2.75, 3.05) is 6.54 Å². The first kappa shape index (κ1) is 12.7. The molecule has 19 heavy (non-hydrogen) atoms. The minimum Gasteiger partial charge on any atom is -0.460 e. The van der Waals surface area contributed by atoms with Crippen LogP contribution < -0.4 is 5.32 Å². The Kier molecular flexibility index (Phi) is 3.14. The molecule has 2 aromatic rings. The quantitative estimate of drug-likeness (QED) is 0.870. The Hall–Kier alpha value is -1.28. The number of hydrogen-bond donors (Lipinski definition) is 1. The van der Waals surface area contributed by atoms with Gasteiger partial charge in [-0.15, -0.1) is 0 Å². The Morgan fingerprint density at radius 2 is 2.11 bits per heavy atom. The fraction of sp³-hybridized carbons (Fsp3) is 0.529. The second-order valence-electron chi connectivity index (χ2n) is 6.47. The topological polar surface area (TPSA) is 25.2 Å². The molecule has 1 aromatic carbocycles. The zero-order valence-electron chi connectivity index (χ0n) is 12.1. The second kappa shape index (κ2) is 4.68. The van der Waals surface area contributed by atoms with Crippen molar-refractivity contribution in [3.8, 4) is 0 Å². The third-order valence-corrected chi connectivity index (χ3v) is 4.17. The molecule has 0 amide bonds. The molecule has 1 saturated carbocycles. The van der Waals surface area contributed by atoms with Gasteiger partial charge in [-0.05, 0) is 44.4 Å². The number of fused-ring (bicyclic) bond motifs is 1. The van der Waals surface area contributed by atoms with Gasteiger partial charge in [-0.25, -0.2) is 0 Å². The van der Waals surface area contributed by atoms with Gasteiger partial charge in [0.1, 0.15) is 11.3 Å². The minimum atomic E-state index is 0.0906. The second-order valence-corrected chi connectivity index (χ2v) is 6.47. The van der Waals surface area contributed by atoms with Crippen LogP contribution in [0.2, 0.25) is 0 Å². The average molecular weight is 257 g/mol. The lowest BCUT2D eigenvalue weighted by molar-refractivity contribution is 0.370. The number of para-hydroxylation sites is 1. The molecule has 0 saturated heterocycles. The maximum Gasteiger partial charge on any atom is 0.137 e. The predicted octanol–water partition coefficient (Wildman–Crippen LogP) is 4.16. The van der Waals surface area contributed by atoms with Crippen LogP contribution in [0.4, 0.5) is 0 Å². The molecular formula is C17H23NO. The summed E-state index contributed by atoms with van der Waals surface area (Å²) in [4.78, 5) is 0. The van der Waals surface area contributed by atoms with Crippen LogP contribution in [0.15, 0.2) is 28.7 Å². The summed E-state index contributed by atoms with van der Waals surface area (Å²) in [7, 11) is 0. The number of rotatable bonds is 5. The van der Waals surface area contributed by atoms with Gasteiger partial charge < -0.3 is 9.73 Å². The molecule has 1 heterocycles. The smallest absolute Gasteiger partial charge is 0.137 e. The summed E-state index contributed by atoms with van der Waals surface area (Å²) in [6, 6.07) is 9.33. The van der Waals surface area contributed by atoms with Crippen molar-refractivity contribution in [1.82, 2.24) is 5.32 Å². The number of benzene rings is 1. The summed E-state index contributed by atoms with van der Waals surface area (Å²) in [5, 5.41) is 4.81. The van der Waals surface area contributed by atoms with Crippen LogP contribution >= 0.6 is 0 Å². The predicted molar refractivity (Wildman–Crippen MR) is 79.6 cm³/mol. The third-order valence-electron chi connectivity index (χ3n) is 4.17. The van der Waals surface area contributed by atoms with E-state index in [9.17, 15) is 0 Å². The highest BCUT2D eigenvalue weighted by Crippen LogP contribution is 2.33. The van der Waals surface area contributed by atoms with E-state index < -0.39 is 0 Å². The van der Waals surface area contributed by atoms with Crippen molar-refractivity contribution in [2.45, 2.75) is 51.5 Å². The van der Waals surface area contributed by atoms with Gasteiger partial charge in [-0.3, -0.25) is 0 Å². The molecule has 102 valence electrons. The zero-order valence-corrected chi connectivity index (χ0v) is 12.1. The number of nitrogens with one attached hydrogen (secondary N) is 1. The highest BCUT2D eigenvalue weighted by molar-refractivity contribution is 5.81. The number of aryl methyl sites for hydroxylation is 1. The molecule has 1 N–H and O–H groups in total. The molecule has 1 aromatic heterocycles. The van der Waals surface area contributed by atoms with Gasteiger partial charge in [0.05, 0.1) is 0 Å². The van der Waals surface area contributed by atoms with E-state index in [1.807, 2.05) is 0 Å². The van der Waals surface area contributed by atoms with E-state index in [0.717, 1.165) is 30.4 Å². The van der Waals surface area contributed by atoms with Crippen molar-refractivity contribution in [1.29, 1.82) is 0 Å². The maximum absolute atomic E-state index is 6.11. The summed E-state index contributed by atoms with van der Waals surface area (Å²) >= 11 is 0. The Balaban J connectivity index is 1.78. The molecule has 0 spiro atoms. The molecule has 0 bridgehead atoms. The molecule has 0 radical (unpaired) electrons. The number of furan rings is 1. The van der Waals surface area contributed by atoms with Crippen LogP contribution in [0.25, 0.3) is 11.0 Å². The minimum absolute atomic E-state index is 0.0906. The molecular weight excluding hydrogens is 234 g/mol. The van der Waals surface area contributed by atoms with Gasteiger partial charge in [-0.2, -0.15) is 0 Å². The van der Waals surface area contributed by atoms with Crippen LogP contribution in [0.1, 0.15) is 44.4 Å². The summed E-state index contributed by atoms with van der Waals surface area (Å²) in [6.07, 6.45) is 3.82. The van der Waals surface area contributed by atoms with E-state index in [1.165, 1.54) is 23.8 Å². The molecule has 1 aliphatic rings. The molecule has 3 rings (SSSR count). The van der Waals surface area contributed by atoms with Crippen LogP contribution in [0, 0.1) is 6.92 Å². The van der Waals surface area contributed by atoms with Crippen LogP contribution in [0.5, 0.6) is 0 Å². The van der Waals surface area contributed by atoms with Crippen LogP contribution in [0.3, 0.4) is 0 Å². The van der Waals surface area contributed by atoms with Gasteiger partial charge in [0.25, 0.3) is 0 Å². The van der Waals surface area contributed by atoms with E-state index in [-0.39, 0.29) is 5.41 Å². The van der Waals surface area contributed by atoms with Crippen molar-refractivity contribution in [3.05, 3.63) is 35.6 Å². The van der Waals surface area contributed by atoms with Gasteiger partial charge in [-0.1, -0.05) is 32.0 Å². The van der Waals surface area contributed by atoms with Crippen molar-refractivity contribution in [3.63, 3.8) is 0 Å². The van der Waals surface area contributed by atoms with Crippen molar-refractivity contribution in [2.24, 2.45) is 0 Å². The first-order valence-electron chi connectivity index (χ1n) is 7.29. The Bertz CT molecular complexity index is 578. The van der Waals surface area contributed by atoms with Crippen LogP contribution in [-0.4, -0.2) is 12.6 Å². The lowest BCUT2D eigenvalue weighted by Gasteiger charge is -2.22. The van der Waals surface area contributed by atoms with E-state index in [1.54, 1.807) is 0 Å². The first-order valence-corrected chi connectivity index (χ1v) is 7.29. The fourth-order valence-corrected chi connectivity index (χ4v) is 2.54.